The smallest absolute Gasteiger partial charge is 0.126 e. The highest BCUT2D eigenvalue weighted by atomic mass is 19.1. The highest BCUT2D eigenvalue weighted by molar-refractivity contribution is 5.95. The van der Waals surface area contributed by atoms with Gasteiger partial charge in [-0.3, -0.25) is 0 Å². The van der Waals surface area contributed by atoms with Crippen LogP contribution in [0, 0.1) is 23.0 Å². The molecule has 0 saturated carbocycles. The summed E-state index contributed by atoms with van der Waals surface area (Å²) in [6.45, 7) is 0. The number of allylic oxidation sites excluding steroid dienone is 1. The molecule has 94 valence electrons. The van der Waals surface area contributed by atoms with Gasteiger partial charge in [-0.05, 0) is 17.7 Å². The topological polar surface area (TPSA) is 49.8 Å². The maximum Gasteiger partial charge on any atom is 0.126 e. The third-order valence-corrected chi connectivity index (χ3v) is 2.62. The number of hydrogen-bond donors (Lipinski definition) is 1. The van der Waals surface area contributed by atoms with E-state index in [4.69, 9.17) is 5.73 Å². The van der Waals surface area contributed by atoms with Crippen LogP contribution in [0.2, 0.25) is 0 Å². The molecule has 2 nitrogen and oxygen atoms in total. The Morgan fingerprint density at radius 1 is 0.947 bits per heavy atom. The summed E-state index contributed by atoms with van der Waals surface area (Å²) in [5, 5.41) is 9.17. The van der Waals surface area contributed by atoms with Crippen molar-refractivity contribution in [3.05, 3.63) is 71.3 Å². The highest BCUT2D eigenvalue weighted by Gasteiger charge is 2.10. The first kappa shape index (κ1) is 12.8. The second kappa shape index (κ2) is 5.32. The zero-order chi connectivity index (χ0) is 13.8. The summed E-state index contributed by atoms with van der Waals surface area (Å²) < 4.78 is 26.3. The monoisotopic (exact) mass is 256 g/mol. The molecule has 0 heterocycles. The van der Waals surface area contributed by atoms with Crippen molar-refractivity contribution >= 4 is 11.3 Å². The van der Waals surface area contributed by atoms with E-state index >= 15 is 0 Å². The zero-order valence-corrected chi connectivity index (χ0v) is 9.90. The lowest BCUT2D eigenvalue weighted by Crippen LogP contribution is -2.02. The van der Waals surface area contributed by atoms with Gasteiger partial charge in [0.05, 0.1) is 11.3 Å². The fourth-order valence-corrected chi connectivity index (χ4v) is 1.74. The minimum atomic E-state index is -0.733. The molecule has 2 aromatic carbocycles. The van der Waals surface area contributed by atoms with Crippen molar-refractivity contribution in [1.82, 2.24) is 0 Å². The van der Waals surface area contributed by atoms with Crippen LogP contribution >= 0.6 is 0 Å². The summed E-state index contributed by atoms with van der Waals surface area (Å²) >= 11 is 0. The number of benzene rings is 2. The number of nitrogens with zero attached hydrogens (tertiary/aromatic N) is 1. The van der Waals surface area contributed by atoms with Crippen molar-refractivity contribution in [1.29, 1.82) is 5.26 Å². The quantitative estimate of drug-likeness (QED) is 0.662. The van der Waals surface area contributed by atoms with Crippen LogP contribution in [0.1, 0.15) is 11.1 Å². The van der Waals surface area contributed by atoms with Crippen LogP contribution in [0.4, 0.5) is 8.78 Å². The predicted octanol–water partition coefficient (Wildman–Crippen LogP) is 3.32. The maximum absolute atomic E-state index is 13.2. The molecule has 19 heavy (non-hydrogen) atoms. The Balaban J connectivity index is 2.59. The van der Waals surface area contributed by atoms with Crippen LogP contribution in [0.5, 0.6) is 0 Å². The van der Waals surface area contributed by atoms with E-state index in [9.17, 15) is 14.0 Å². The molecule has 2 aromatic rings. The SMILES string of the molecule is N#C/C(=C(/N)c1cc(F)cc(F)c1)c1ccccc1. The molecule has 0 aromatic heterocycles. The normalized spacial score (nSPS) is 11.6. The van der Waals surface area contributed by atoms with Crippen LogP contribution in [0.3, 0.4) is 0 Å². The van der Waals surface area contributed by atoms with Crippen LogP contribution in [0.25, 0.3) is 11.3 Å². The molecular weight excluding hydrogens is 246 g/mol. The largest absolute Gasteiger partial charge is 0.397 e. The Labute approximate surface area is 109 Å². The third kappa shape index (κ3) is 2.78. The van der Waals surface area contributed by atoms with Crippen LogP contribution in [0.15, 0.2) is 48.5 Å². The molecule has 0 aliphatic rings. The molecule has 0 aliphatic carbocycles. The van der Waals surface area contributed by atoms with Gasteiger partial charge in [-0.1, -0.05) is 30.3 Å². The minimum absolute atomic E-state index is 0.0482. The van der Waals surface area contributed by atoms with Gasteiger partial charge in [0.2, 0.25) is 0 Å². The molecular formula is C15H10F2N2. The number of hydrogen-bond acceptors (Lipinski definition) is 2. The van der Waals surface area contributed by atoms with Crippen molar-refractivity contribution in [2.75, 3.05) is 0 Å². The Kier molecular flexibility index (Phi) is 3.58. The van der Waals surface area contributed by atoms with Crippen LogP contribution in [-0.4, -0.2) is 0 Å². The summed E-state index contributed by atoms with van der Waals surface area (Å²) in [6.07, 6.45) is 0. The van der Waals surface area contributed by atoms with E-state index in [0.717, 1.165) is 18.2 Å². The first-order chi connectivity index (χ1) is 9.11. The molecule has 0 saturated heterocycles. The fourth-order valence-electron chi connectivity index (χ4n) is 1.74. The van der Waals surface area contributed by atoms with Gasteiger partial charge < -0.3 is 5.73 Å². The predicted molar refractivity (Wildman–Crippen MR) is 69.4 cm³/mol. The van der Waals surface area contributed by atoms with Gasteiger partial charge in [-0.15, -0.1) is 0 Å². The summed E-state index contributed by atoms with van der Waals surface area (Å²) in [5.41, 5.74) is 6.83. The lowest BCUT2D eigenvalue weighted by Gasteiger charge is -2.06. The molecule has 0 aliphatic heterocycles. The molecule has 0 radical (unpaired) electrons. The first-order valence-electron chi connectivity index (χ1n) is 5.53. The van der Waals surface area contributed by atoms with Crippen molar-refractivity contribution < 1.29 is 8.78 Å². The second-order valence-corrected chi connectivity index (χ2v) is 3.92. The summed E-state index contributed by atoms with van der Waals surface area (Å²) in [6, 6.07) is 13.6. The van der Waals surface area contributed by atoms with E-state index < -0.39 is 11.6 Å². The first-order valence-corrected chi connectivity index (χ1v) is 5.53. The fraction of sp³-hybridized carbons (Fsp3) is 0. The van der Waals surface area contributed by atoms with E-state index in [1.54, 1.807) is 30.3 Å². The standard InChI is InChI=1S/C15H10F2N2/c16-12-6-11(7-13(17)8-12)15(19)14(9-18)10-4-2-1-3-5-10/h1-8H,19H2/b15-14-. The molecule has 0 amide bonds. The number of nitrogens with two attached hydrogens (primary N) is 1. The molecule has 0 fully saturated rings. The maximum atomic E-state index is 13.2. The van der Waals surface area contributed by atoms with Gasteiger partial charge in [0, 0.05) is 11.6 Å². The molecule has 0 spiro atoms. The van der Waals surface area contributed by atoms with Gasteiger partial charge >= 0.3 is 0 Å². The molecule has 4 heteroatoms. The van der Waals surface area contributed by atoms with Crippen molar-refractivity contribution in [2.45, 2.75) is 0 Å². The minimum Gasteiger partial charge on any atom is -0.397 e. The second-order valence-electron chi connectivity index (χ2n) is 3.92. The van der Waals surface area contributed by atoms with E-state index in [0.29, 0.717) is 5.56 Å². The Hall–Kier alpha value is -2.67. The summed E-state index contributed by atoms with van der Waals surface area (Å²) in [7, 11) is 0. The van der Waals surface area contributed by atoms with Gasteiger partial charge in [0.25, 0.3) is 0 Å². The van der Waals surface area contributed by atoms with E-state index in [1.165, 1.54) is 0 Å². The summed E-state index contributed by atoms with van der Waals surface area (Å²) in [5.74, 6) is -1.47. The van der Waals surface area contributed by atoms with E-state index in [2.05, 4.69) is 0 Å². The van der Waals surface area contributed by atoms with E-state index in [-0.39, 0.29) is 16.8 Å². The zero-order valence-electron chi connectivity index (χ0n) is 9.90. The molecule has 0 atom stereocenters. The lowest BCUT2D eigenvalue weighted by molar-refractivity contribution is 0.582. The Morgan fingerprint density at radius 3 is 2.05 bits per heavy atom. The van der Waals surface area contributed by atoms with Gasteiger partial charge in [-0.2, -0.15) is 5.26 Å². The van der Waals surface area contributed by atoms with Crippen molar-refractivity contribution in [3.63, 3.8) is 0 Å². The lowest BCUT2D eigenvalue weighted by atomic mass is 10.0. The number of nitriles is 1. The molecule has 2 N–H and O–H groups in total. The summed E-state index contributed by atoms with van der Waals surface area (Å²) in [4.78, 5) is 0. The molecule has 2 rings (SSSR count). The Bertz CT molecular complexity index is 650. The third-order valence-electron chi connectivity index (χ3n) is 2.62. The average molecular weight is 256 g/mol. The van der Waals surface area contributed by atoms with E-state index in [1.807, 2.05) is 6.07 Å². The Morgan fingerprint density at radius 2 is 1.53 bits per heavy atom. The molecule has 0 bridgehead atoms. The van der Waals surface area contributed by atoms with Crippen LogP contribution in [-0.2, 0) is 0 Å². The van der Waals surface area contributed by atoms with Crippen molar-refractivity contribution in [2.24, 2.45) is 5.73 Å². The molecule has 0 unspecified atom stereocenters. The number of rotatable bonds is 2. The van der Waals surface area contributed by atoms with Gasteiger partial charge in [0.15, 0.2) is 0 Å². The van der Waals surface area contributed by atoms with Crippen LogP contribution < -0.4 is 5.73 Å². The van der Waals surface area contributed by atoms with Gasteiger partial charge in [-0.25, -0.2) is 8.78 Å². The van der Waals surface area contributed by atoms with Gasteiger partial charge in [0.1, 0.15) is 17.7 Å². The number of halogens is 2. The average Bonchev–Trinajstić information content (AvgIpc) is 2.39. The highest BCUT2D eigenvalue weighted by Crippen LogP contribution is 2.23. The van der Waals surface area contributed by atoms with Crippen molar-refractivity contribution in [3.8, 4) is 6.07 Å².